The number of carbonyl (C=O) groups is 1. The summed E-state index contributed by atoms with van der Waals surface area (Å²) in [7, 11) is 0. The van der Waals surface area contributed by atoms with Crippen LogP contribution in [0, 0.1) is 0 Å². The highest BCUT2D eigenvalue weighted by atomic mass is 32.1. The molecular formula is C18H12F3NOS. The average molecular weight is 347 g/mol. The Hall–Kier alpha value is -2.60. The van der Waals surface area contributed by atoms with E-state index < -0.39 is 12.0 Å². The molecule has 0 spiro atoms. The molecule has 3 aromatic rings. The summed E-state index contributed by atoms with van der Waals surface area (Å²) < 4.78 is 37.9. The van der Waals surface area contributed by atoms with Gasteiger partial charge in [0.1, 0.15) is 0 Å². The van der Waals surface area contributed by atoms with Gasteiger partial charge in [-0.2, -0.15) is 13.2 Å². The molecule has 0 saturated heterocycles. The summed E-state index contributed by atoms with van der Waals surface area (Å²) in [5.74, 6) is -1.89. The van der Waals surface area contributed by atoms with Crippen LogP contribution in [0.25, 0.3) is 16.5 Å². The molecule has 1 N–H and O–H groups in total. The number of nitrogens with one attached hydrogen (secondary N) is 1. The molecule has 0 aliphatic carbocycles. The molecule has 0 radical (unpaired) electrons. The van der Waals surface area contributed by atoms with Crippen molar-refractivity contribution in [2.75, 3.05) is 5.32 Å². The lowest BCUT2D eigenvalue weighted by atomic mass is 10.1. The molecule has 1 heterocycles. The fourth-order valence-electron chi connectivity index (χ4n) is 2.29. The van der Waals surface area contributed by atoms with Crippen molar-refractivity contribution in [1.29, 1.82) is 0 Å². The van der Waals surface area contributed by atoms with E-state index in [1.807, 2.05) is 36.4 Å². The Morgan fingerprint density at radius 3 is 2.46 bits per heavy atom. The summed E-state index contributed by atoms with van der Waals surface area (Å²) >= 11 is 1.26. The van der Waals surface area contributed by atoms with Crippen molar-refractivity contribution in [2.45, 2.75) is 6.18 Å². The van der Waals surface area contributed by atoms with E-state index >= 15 is 0 Å². The first-order valence-electron chi connectivity index (χ1n) is 7.06. The fourth-order valence-corrected chi connectivity index (χ4v) is 2.99. The molecule has 0 atom stereocenters. The Bertz CT molecular complexity index is 893. The first kappa shape index (κ1) is 16.3. The monoisotopic (exact) mass is 347 g/mol. The highest BCUT2D eigenvalue weighted by molar-refractivity contribution is 7.11. The van der Waals surface area contributed by atoms with Gasteiger partial charge in [0.15, 0.2) is 0 Å². The highest BCUT2D eigenvalue weighted by Gasteiger charge is 2.37. The molecule has 0 aliphatic heterocycles. The zero-order valence-electron chi connectivity index (χ0n) is 12.3. The molecule has 0 aliphatic rings. The van der Waals surface area contributed by atoms with Crippen LogP contribution in [0.15, 0.2) is 66.1 Å². The second-order valence-electron chi connectivity index (χ2n) is 5.05. The lowest BCUT2D eigenvalue weighted by Gasteiger charge is -2.13. The van der Waals surface area contributed by atoms with Gasteiger partial charge in [-0.1, -0.05) is 42.5 Å². The van der Waals surface area contributed by atoms with Crippen LogP contribution in [-0.4, -0.2) is 12.0 Å². The number of anilines is 1. The predicted molar refractivity (Wildman–Crippen MR) is 90.9 cm³/mol. The normalized spacial score (nSPS) is 12.4. The number of rotatable bonds is 4. The SMILES string of the molecule is O=C(/C=C(/Nc1cccc2ccccc12)c1cccs1)C(F)(F)F. The summed E-state index contributed by atoms with van der Waals surface area (Å²) in [5, 5.41) is 6.54. The van der Waals surface area contributed by atoms with Crippen molar-refractivity contribution in [3.63, 3.8) is 0 Å². The van der Waals surface area contributed by atoms with E-state index in [0.717, 1.165) is 10.8 Å². The molecule has 122 valence electrons. The molecule has 2 nitrogen and oxygen atoms in total. The van der Waals surface area contributed by atoms with Gasteiger partial charge >= 0.3 is 6.18 Å². The van der Waals surface area contributed by atoms with Crippen molar-refractivity contribution >= 4 is 39.3 Å². The topological polar surface area (TPSA) is 29.1 Å². The van der Waals surface area contributed by atoms with Crippen LogP contribution >= 0.6 is 11.3 Å². The van der Waals surface area contributed by atoms with E-state index in [4.69, 9.17) is 0 Å². The van der Waals surface area contributed by atoms with Gasteiger partial charge in [-0.25, -0.2) is 0 Å². The second kappa shape index (κ2) is 6.49. The Labute approximate surface area is 140 Å². The van der Waals surface area contributed by atoms with Crippen LogP contribution in [0.4, 0.5) is 18.9 Å². The molecule has 1 aromatic heterocycles. The van der Waals surface area contributed by atoms with Gasteiger partial charge in [0.05, 0.1) is 10.6 Å². The van der Waals surface area contributed by atoms with E-state index in [1.54, 1.807) is 23.6 Å². The van der Waals surface area contributed by atoms with E-state index in [0.29, 0.717) is 16.6 Å². The Kier molecular flexibility index (Phi) is 4.40. The number of fused-ring (bicyclic) bond motifs is 1. The Morgan fingerprint density at radius 1 is 1.00 bits per heavy atom. The van der Waals surface area contributed by atoms with Gasteiger partial charge in [0, 0.05) is 17.1 Å². The molecular weight excluding hydrogens is 335 g/mol. The minimum absolute atomic E-state index is 0.128. The molecule has 3 rings (SSSR count). The third-order valence-corrected chi connectivity index (χ3v) is 4.30. The number of carbonyl (C=O) groups excluding carboxylic acids is 1. The standard InChI is InChI=1S/C18H12F3NOS/c19-18(20,21)17(23)11-15(16-9-4-10-24-16)22-14-8-3-6-12-5-1-2-7-13(12)14/h1-11,22H/b15-11+. The van der Waals surface area contributed by atoms with Crippen LogP contribution in [0.2, 0.25) is 0 Å². The number of hydrogen-bond donors (Lipinski definition) is 1. The summed E-state index contributed by atoms with van der Waals surface area (Å²) in [6, 6.07) is 16.4. The zero-order valence-corrected chi connectivity index (χ0v) is 13.1. The van der Waals surface area contributed by atoms with E-state index in [2.05, 4.69) is 5.32 Å². The van der Waals surface area contributed by atoms with Crippen LogP contribution in [0.5, 0.6) is 0 Å². The third-order valence-electron chi connectivity index (χ3n) is 3.40. The smallest absolute Gasteiger partial charge is 0.354 e. The summed E-state index contributed by atoms with van der Waals surface area (Å²) in [4.78, 5) is 11.9. The van der Waals surface area contributed by atoms with Crippen molar-refractivity contribution in [1.82, 2.24) is 0 Å². The zero-order chi connectivity index (χ0) is 17.2. The fraction of sp³-hybridized carbons (Fsp3) is 0.0556. The van der Waals surface area contributed by atoms with Crippen molar-refractivity contribution in [2.24, 2.45) is 0 Å². The van der Waals surface area contributed by atoms with Crippen LogP contribution in [-0.2, 0) is 4.79 Å². The molecule has 0 amide bonds. The average Bonchev–Trinajstić information content (AvgIpc) is 3.08. The molecule has 0 bridgehead atoms. The lowest BCUT2D eigenvalue weighted by Crippen LogP contribution is -2.21. The molecule has 0 fully saturated rings. The first-order chi connectivity index (χ1) is 11.4. The van der Waals surface area contributed by atoms with Crippen LogP contribution in [0.1, 0.15) is 4.88 Å². The molecule has 0 saturated carbocycles. The molecule has 24 heavy (non-hydrogen) atoms. The van der Waals surface area contributed by atoms with Gasteiger partial charge in [0.2, 0.25) is 0 Å². The predicted octanol–water partition coefficient (Wildman–Crippen LogP) is 5.49. The summed E-state index contributed by atoms with van der Waals surface area (Å²) in [5.41, 5.74) is 0.770. The Balaban J connectivity index is 2.04. The number of halogens is 3. The van der Waals surface area contributed by atoms with E-state index in [1.165, 1.54) is 11.3 Å². The number of thiophene rings is 1. The Morgan fingerprint density at radius 2 is 1.75 bits per heavy atom. The van der Waals surface area contributed by atoms with E-state index in [-0.39, 0.29) is 5.70 Å². The first-order valence-corrected chi connectivity index (χ1v) is 7.94. The van der Waals surface area contributed by atoms with Gasteiger partial charge in [0.25, 0.3) is 5.78 Å². The maximum Gasteiger partial charge on any atom is 0.454 e. The van der Waals surface area contributed by atoms with Gasteiger partial charge < -0.3 is 5.32 Å². The lowest BCUT2D eigenvalue weighted by molar-refractivity contribution is -0.165. The second-order valence-corrected chi connectivity index (χ2v) is 6.00. The highest BCUT2D eigenvalue weighted by Crippen LogP contribution is 2.29. The summed E-state index contributed by atoms with van der Waals surface area (Å²) in [6.07, 6.45) is -4.30. The number of ketones is 1. The minimum Gasteiger partial charge on any atom is -0.354 e. The van der Waals surface area contributed by atoms with Crippen LogP contribution < -0.4 is 5.32 Å². The van der Waals surface area contributed by atoms with Gasteiger partial charge in [-0.05, 0) is 22.9 Å². The van der Waals surface area contributed by atoms with Crippen molar-refractivity contribution in [3.05, 3.63) is 70.9 Å². The van der Waals surface area contributed by atoms with Crippen molar-refractivity contribution < 1.29 is 18.0 Å². The molecule has 2 aromatic carbocycles. The largest absolute Gasteiger partial charge is 0.454 e. The number of allylic oxidation sites excluding steroid dienone is 1. The maximum atomic E-state index is 12.6. The van der Waals surface area contributed by atoms with E-state index in [9.17, 15) is 18.0 Å². The number of benzene rings is 2. The molecule has 0 unspecified atom stereocenters. The quantitative estimate of drug-likeness (QED) is 0.633. The minimum atomic E-state index is -4.90. The number of hydrogen-bond acceptors (Lipinski definition) is 3. The molecule has 6 heteroatoms. The summed E-state index contributed by atoms with van der Waals surface area (Å²) in [6.45, 7) is 0. The number of alkyl halides is 3. The maximum absolute atomic E-state index is 12.6. The van der Waals surface area contributed by atoms with Crippen molar-refractivity contribution in [3.8, 4) is 0 Å². The third kappa shape index (κ3) is 3.49. The van der Waals surface area contributed by atoms with Gasteiger partial charge in [-0.3, -0.25) is 4.79 Å². The van der Waals surface area contributed by atoms with Gasteiger partial charge in [-0.15, -0.1) is 11.3 Å². The van der Waals surface area contributed by atoms with Crippen LogP contribution in [0.3, 0.4) is 0 Å².